The second kappa shape index (κ2) is 6.45. The van der Waals surface area contributed by atoms with Crippen molar-refractivity contribution < 1.29 is 13.4 Å². The van der Waals surface area contributed by atoms with E-state index in [0.29, 0.717) is 38.1 Å². The summed E-state index contributed by atoms with van der Waals surface area (Å²) < 4.78 is 17.5. The molecule has 94 valence electrons. The molecule has 0 spiro atoms. The van der Waals surface area contributed by atoms with Crippen LogP contribution in [0.3, 0.4) is 0 Å². The summed E-state index contributed by atoms with van der Waals surface area (Å²) in [5.41, 5.74) is 5.52. The molecule has 2 N–H and O–H groups in total. The summed E-state index contributed by atoms with van der Waals surface area (Å²) in [4.78, 5) is 11.5. The summed E-state index contributed by atoms with van der Waals surface area (Å²) in [6.45, 7) is 2.61. The highest BCUT2D eigenvalue weighted by Gasteiger charge is 2.38. The van der Waals surface area contributed by atoms with Gasteiger partial charge in [-0.05, 0) is 38.1 Å². The van der Waals surface area contributed by atoms with Gasteiger partial charge in [-0.1, -0.05) is 6.42 Å². The predicted molar refractivity (Wildman–Crippen MR) is 63.7 cm³/mol. The van der Waals surface area contributed by atoms with Crippen molar-refractivity contribution >= 4 is 18.1 Å². The van der Waals surface area contributed by atoms with Crippen LogP contribution in [0, 0.1) is 5.41 Å². The molecule has 0 bridgehead atoms. The van der Waals surface area contributed by atoms with Gasteiger partial charge in [0.1, 0.15) is 0 Å². The maximum Gasteiger partial charge on any atom is 0.306 e. The zero-order valence-electron chi connectivity index (χ0n) is 9.71. The predicted octanol–water partition coefficient (Wildman–Crippen LogP) is 2.45. The van der Waals surface area contributed by atoms with E-state index in [2.05, 4.69) is 0 Å². The zero-order chi connectivity index (χ0) is 12.0. The fourth-order valence-electron chi connectivity index (χ4n) is 2.40. The van der Waals surface area contributed by atoms with E-state index in [0.717, 1.165) is 19.3 Å². The van der Waals surface area contributed by atoms with Crippen LogP contribution in [-0.2, 0) is 9.53 Å². The van der Waals surface area contributed by atoms with Crippen molar-refractivity contribution in [2.45, 2.75) is 44.3 Å². The molecule has 0 saturated heterocycles. The van der Waals surface area contributed by atoms with Gasteiger partial charge >= 0.3 is 5.97 Å². The number of hydrogen-bond donors (Lipinski definition) is 1. The molecule has 1 fully saturated rings. The van der Waals surface area contributed by atoms with Crippen LogP contribution in [-0.4, -0.2) is 24.4 Å². The Morgan fingerprint density at radius 2 is 2.44 bits per heavy atom. The molecule has 3 nitrogen and oxygen atoms in total. The van der Waals surface area contributed by atoms with Crippen LogP contribution in [0.1, 0.15) is 39.0 Å². The number of ether oxygens (including phenoxy) is 1. The molecule has 0 radical (unpaired) electrons. The highest BCUT2D eigenvalue weighted by molar-refractivity contribution is 7.94. The number of carbonyl (C=O) groups excluding carboxylic acids is 1. The van der Waals surface area contributed by atoms with Gasteiger partial charge in [-0.25, -0.2) is 0 Å². The normalized spacial score (nSPS) is 30.1. The van der Waals surface area contributed by atoms with Crippen molar-refractivity contribution in [2.24, 2.45) is 11.1 Å². The first-order valence-corrected chi connectivity index (χ1v) is 6.57. The van der Waals surface area contributed by atoms with Gasteiger partial charge in [-0.15, -0.1) is 0 Å². The Balaban J connectivity index is 2.58. The van der Waals surface area contributed by atoms with Crippen molar-refractivity contribution in [3.05, 3.63) is 0 Å². The van der Waals surface area contributed by atoms with E-state index >= 15 is 0 Å². The largest absolute Gasteiger partial charge is 0.466 e. The third-order valence-corrected chi connectivity index (χ3v) is 3.93. The van der Waals surface area contributed by atoms with Crippen molar-refractivity contribution in [1.82, 2.24) is 0 Å². The molecule has 1 rings (SSSR count). The maximum absolute atomic E-state index is 12.6. The molecule has 2 atom stereocenters. The summed E-state index contributed by atoms with van der Waals surface area (Å²) in [6, 6.07) is 0. The Morgan fingerprint density at radius 3 is 3.00 bits per heavy atom. The minimum atomic E-state index is -0.242. The number of halogens is 1. The average molecular weight is 249 g/mol. The first kappa shape index (κ1) is 13.8. The van der Waals surface area contributed by atoms with Crippen molar-refractivity contribution in [3.8, 4) is 0 Å². The van der Waals surface area contributed by atoms with E-state index in [9.17, 15) is 8.68 Å². The number of carbonyl (C=O) groups is 1. The van der Waals surface area contributed by atoms with Crippen LogP contribution in [0.4, 0.5) is 3.89 Å². The Hall–Kier alpha value is -0.290. The number of nitrogens with two attached hydrogens (primary N) is 1. The van der Waals surface area contributed by atoms with Crippen molar-refractivity contribution in [1.29, 1.82) is 0 Å². The summed E-state index contributed by atoms with van der Waals surface area (Å²) >= 11 is 0.396. The molecular formula is C11H20FNO2S. The van der Waals surface area contributed by atoms with Crippen LogP contribution in [0.5, 0.6) is 0 Å². The highest BCUT2D eigenvalue weighted by Crippen LogP contribution is 2.43. The van der Waals surface area contributed by atoms with Gasteiger partial charge < -0.3 is 10.5 Å². The Bertz CT molecular complexity index is 240. The standard InChI is InChI=1S/C11H20FNO2S/c1-2-15-10(14)7-11(8-13)5-3-4-9(6-11)16-12/h9H,2-8,13H2,1H3. The van der Waals surface area contributed by atoms with Crippen molar-refractivity contribution in [3.63, 3.8) is 0 Å². The minimum absolute atomic E-state index is 0.00766. The first-order chi connectivity index (χ1) is 7.65. The summed E-state index contributed by atoms with van der Waals surface area (Å²) in [5.74, 6) is -0.211. The van der Waals surface area contributed by atoms with E-state index in [1.807, 2.05) is 0 Å². The number of rotatable bonds is 5. The fourth-order valence-corrected chi connectivity index (χ4v) is 3.08. The van der Waals surface area contributed by atoms with Crippen LogP contribution >= 0.6 is 12.1 Å². The van der Waals surface area contributed by atoms with Gasteiger partial charge in [-0.2, -0.15) is 3.89 Å². The van der Waals surface area contributed by atoms with E-state index in [1.54, 1.807) is 6.92 Å². The maximum atomic E-state index is 12.6. The summed E-state index contributed by atoms with van der Waals surface area (Å²) in [7, 11) is 0. The lowest BCUT2D eigenvalue weighted by Crippen LogP contribution is -2.39. The molecule has 0 heterocycles. The lowest BCUT2D eigenvalue weighted by atomic mass is 9.71. The lowest BCUT2D eigenvalue weighted by Gasteiger charge is -2.38. The van der Waals surface area contributed by atoms with Crippen LogP contribution in [0.25, 0.3) is 0 Å². The second-order valence-electron chi connectivity index (χ2n) is 4.49. The van der Waals surface area contributed by atoms with Crippen LogP contribution in [0.2, 0.25) is 0 Å². The Labute approximate surface area is 101 Å². The Kier molecular flexibility index (Phi) is 5.55. The van der Waals surface area contributed by atoms with Gasteiger partial charge in [0.25, 0.3) is 0 Å². The molecule has 1 saturated carbocycles. The molecule has 0 amide bonds. The van der Waals surface area contributed by atoms with Crippen LogP contribution in [0.15, 0.2) is 0 Å². The smallest absolute Gasteiger partial charge is 0.306 e. The van der Waals surface area contributed by atoms with Gasteiger partial charge in [0.15, 0.2) is 0 Å². The first-order valence-electron chi connectivity index (χ1n) is 5.79. The molecule has 0 aromatic carbocycles. The SMILES string of the molecule is CCOC(=O)CC1(CN)CCCC(SF)C1. The topological polar surface area (TPSA) is 52.3 Å². The molecular weight excluding hydrogens is 229 g/mol. The molecule has 5 heteroatoms. The lowest BCUT2D eigenvalue weighted by molar-refractivity contribution is -0.146. The molecule has 0 aromatic rings. The van der Waals surface area contributed by atoms with E-state index in [1.165, 1.54) is 0 Å². The number of hydrogen-bond acceptors (Lipinski definition) is 4. The second-order valence-corrected chi connectivity index (χ2v) is 5.34. The monoisotopic (exact) mass is 249 g/mol. The van der Waals surface area contributed by atoms with Crippen LogP contribution < -0.4 is 5.73 Å². The zero-order valence-corrected chi connectivity index (χ0v) is 10.5. The minimum Gasteiger partial charge on any atom is -0.466 e. The van der Waals surface area contributed by atoms with Crippen molar-refractivity contribution in [2.75, 3.05) is 13.2 Å². The third-order valence-electron chi connectivity index (χ3n) is 3.28. The summed E-state index contributed by atoms with van der Waals surface area (Å²) in [6.07, 6.45) is 3.74. The van der Waals surface area contributed by atoms with Gasteiger partial charge in [0, 0.05) is 17.4 Å². The highest BCUT2D eigenvalue weighted by atomic mass is 32.2. The van der Waals surface area contributed by atoms with Gasteiger partial charge in [0.2, 0.25) is 0 Å². The van der Waals surface area contributed by atoms with E-state index in [4.69, 9.17) is 10.5 Å². The van der Waals surface area contributed by atoms with Gasteiger partial charge in [0.05, 0.1) is 13.0 Å². The van der Waals surface area contributed by atoms with Gasteiger partial charge in [-0.3, -0.25) is 4.79 Å². The number of esters is 1. The molecule has 2 unspecified atom stereocenters. The molecule has 1 aliphatic rings. The quantitative estimate of drug-likeness (QED) is 0.760. The molecule has 0 aromatic heterocycles. The summed E-state index contributed by atoms with van der Waals surface area (Å²) in [5, 5.41) is -0.00766. The third kappa shape index (κ3) is 3.63. The molecule has 0 aliphatic heterocycles. The Morgan fingerprint density at radius 1 is 1.69 bits per heavy atom. The molecule has 1 aliphatic carbocycles. The fraction of sp³-hybridized carbons (Fsp3) is 0.909. The average Bonchev–Trinajstić information content (AvgIpc) is 2.29. The molecule has 16 heavy (non-hydrogen) atoms. The van der Waals surface area contributed by atoms with E-state index in [-0.39, 0.29) is 16.6 Å². The van der Waals surface area contributed by atoms with E-state index < -0.39 is 0 Å².